The van der Waals surface area contributed by atoms with Gasteiger partial charge in [-0.1, -0.05) is 6.92 Å². The molecule has 0 saturated heterocycles. The number of ether oxygens (including phenoxy) is 1. The molecule has 0 aromatic heterocycles. The van der Waals surface area contributed by atoms with Gasteiger partial charge in [0.05, 0.1) is 5.92 Å². The molecule has 0 atom stereocenters. The molecule has 1 saturated carbocycles. The molecule has 0 N–H and O–H groups in total. The first-order valence-electron chi connectivity index (χ1n) is 7.69. The van der Waals surface area contributed by atoms with Gasteiger partial charge in [0.25, 0.3) is 0 Å². The summed E-state index contributed by atoms with van der Waals surface area (Å²) in [5.41, 5.74) is 4.79. The molecular formula is C18H30O2. The minimum atomic E-state index is -0.0392. The normalized spacial score (nSPS) is 22.6. The summed E-state index contributed by atoms with van der Waals surface area (Å²) < 4.78 is 5.70. The van der Waals surface area contributed by atoms with Gasteiger partial charge in [0, 0.05) is 2.85 Å². The topological polar surface area (TPSA) is 26.3 Å². The predicted molar refractivity (Wildman–Crippen MR) is 86.4 cm³/mol. The molecule has 0 heterocycles. The zero-order chi connectivity index (χ0) is 14.9. The van der Waals surface area contributed by atoms with Crippen LogP contribution in [-0.4, -0.2) is 5.97 Å². The van der Waals surface area contributed by atoms with E-state index in [1.165, 1.54) is 16.7 Å². The lowest BCUT2D eigenvalue weighted by Crippen LogP contribution is -2.25. The van der Waals surface area contributed by atoms with E-state index < -0.39 is 0 Å². The Balaban J connectivity index is 0.00000220. The number of benzene rings is 1. The molecule has 114 valence electrons. The third kappa shape index (κ3) is 3.05. The highest BCUT2D eigenvalue weighted by molar-refractivity contribution is 5.76. The van der Waals surface area contributed by atoms with Gasteiger partial charge in [-0.2, -0.15) is 0 Å². The summed E-state index contributed by atoms with van der Waals surface area (Å²) in [4.78, 5) is 12.3. The Labute approximate surface area is 125 Å². The smallest absolute Gasteiger partial charge is 0.314 e. The third-order valence-electron chi connectivity index (χ3n) is 4.99. The van der Waals surface area contributed by atoms with Crippen LogP contribution < -0.4 is 4.74 Å². The Kier molecular flexibility index (Phi) is 4.52. The van der Waals surface area contributed by atoms with Crippen molar-refractivity contribution >= 4 is 5.97 Å². The van der Waals surface area contributed by atoms with Crippen molar-refractivity contribution in [3.8, 4) is 5.75 Å². The van der Waals surface area contributed by atoms with Crippen molar-refractivity contribution in [1.29, 1.82) is 0 Å². The first kappa shape index (κ1) is 15.1. The van der Waals surface area contributed by atoms with Crippen molar-refractivity contribution in [3.05, 3.63) is 28.3 Å². The molecule has 1 fully saturated rings. The zero-order valence-corrected chi connectivity index (χ0v) is 13.4. The van der Waals surface area contributed by atoms with Crippen molar-refractivity contribution in [2.75, 3.05) is 0 Å². The summed E-state index contributed by atoms with van der Waals surface area (Å²) >= 11 is 0. The van der Waals surface area contributed by atoms with Crippen LogP contribution in [0.15, 0.2) is 6.07 Å². The lowest BCUT2D eigenvalue weighted by atomic mass is 9.83. The lowest BCUT2D eigenvalue weighted by Gasteiger charge is -2.25. The maximum absolute atomic E-state index is 12.3. The SMILES string of the molecule is Cc1cc(OC(=O)C2CCC(C)CC2)c(C)c(C)c1C.[2HH].[HH]. The Morgan fingerprint density at radius 1 is 1.10 bits per heavy atom. The second-order valence-electron chi connectivity index (χ2n) is 6.44. The molecule has 20 heavy (non-hydrogen) atoms. The van der Waals surface area contributed by atoms with Gasteiger partial charge in [0.15, 0.2) is 0 Å². The summed E-state index contributed by atoms with van der Waals surface area (Å²) in [5.74, 6) is 1.55. The van der Waals surface area contributed by atoms with Crippen molar-refractivity contribution in [1.82, 2.24) is 0 Å². The number of esters is 1. The standard InChI is InChI=1S/C18H26O2.2H2/c1-11-6-8-16(9-7-11)18(19)20-17-10-12(2)13(3)14(4)15(17)5;;/h10-11,16H,6-9H2,1-5H3;2*1H/i;1+1;. The van der Waals surface area contributed by atoms with Gasteiger partial charge in [-0.25, -0.2) is 0 Å². The lowest BCUT2D eigenvalue weighted by molar-refractivity contribution is -0.140. The maximum Gasteiger partial charge on any atom is 0.314 e. The fourth-order valence-corrected chi connectivity index (χ4v) is 2.97. The van der Waals surface area contributed by atoms with Gasteiger partial charge in [0.2, 0.25) is 0 Å². The molecule has 2 nitrogen and oxygen atoms in total. The molecule has 0 amide bonds. The van der Waals surface area contributed by atoms with E-state index in [9.17, 15) is 4.79 Å². The van der Waals surface area contributed by atoms with Crippen LogP contribution in [0.25, 0.3) is 0 Å². The molecule has 0 bridgehead atoms. The summed E-state index contributed by atoms with van der Waals surface area (Å²) in [6.45, 7) is 10.6. The van der Waals surface area contributed by atoms with Crippen LogP contribution in [0.4, 0.5) is 0 Å². The molecule has 1 aromatic carbocycles. The fourth-order valence-electron chi connectivity index (χ4n) is 2.97. The Morgan fingerprint density at radius 2 is 1.70 bits per heavy atom. The van der Waals surface area contributed by atoms with Crippen LogP contribution in [0.3, 0.4) is 0 Å². The highest BCUT2D eigenvalue weighted by Gasteiger charge is 2.26. The highest BCUT2D eigenvalue weighted by atomic mass is 16.5. The molecule has 1 aliphatic rings. The predicted octanol–water partition coefficient (Wildman–Crippen LogP) is 5.14. The quantitative estimate of drug-likeness (QED) is 0.553. The van der Waals surface area contributed by atoms with Crippen LogP contribution in [0.2, 0.25) is 0 Å². The number of carbonyl (C=O) groups is 1. The van der Waals surface area contributed by atoms with Crippen LogP contribution in [0.1, 0.15) is 57.7 Å². The number of aryl methyl sites for hydroxylation is 1. The summed E-state index contributed by atoms with van der Waals surface area (Å²) in [6.07, 6.45) is 4.24. The van der Waals surface area contributed by atoms with E-state index >= 15 is 0 Å². The van der Waals surface area contributed by atoms with E-state index in [1.54, 1.807) is 0 Å². The van der Waals surface area contributed by atoms with Crippen LogP contribution >= 0.6 is 0 Å². The van der Waals surface area contributed by atoms with E-state index in [0.717, 1.165) is 42.9 Å². The van der Waals surface area contributed by atoms with Crippen molar-refractivity contribution in [3.63, 3.8) is 0 Å². The molecule has 2 rings (SSSR count). The Morgan fingerprint density at radius 3 is 2.30 bits per heavy atom. The molecule has 0 radical (unpaired) electrons. The number of carbonyl (C=O) groups excluding carboxylic acids is 1. The average Bonchev–Trinajstić information content (AvgIpc) is 2.43. The van der Waals surface area contributed by atoms with Gasteiger partial charge in [-0.3, -0.25) is 4.79 Å². The molecule has 2 heteroatoms. The van der Waals surface area contributed by atoms with Crippen LogP contribution in [0, 0.1) is 39.5 Å². The average molecular weight is 279 g/mol. The van der Waals surface area contributed by atoms with Crippen molar-refractivity contribution in [2.24, 2.45) is 11.8 Å². The van der Waals surface area contributed by atoms with Crippen LogP contribution in [-0.2, 0) is 4.79 Å². The van der Waals surface area contributed by atoms with Gasteiger partial charge < -0.3 is 4.74 Å². The van der Waals surface area contributed by atoms with Gasteiger partial charge in [-0.05, 0) is 87.6 Å². The largest absolute Gasteiger partial charge is 0.426 e. The van der Waals surface area contributed by atoms with E-state index in [-0.39, 0.29) is 14.7 Å². The molecule has 0 aliphatic heterocycles. The highest BCUT2D eigenvalue weighted by Crippen LogP contribution is 2.32. The number of hydrogen-bond acceptors (Lipinski definition) is 2. The Bertz CT molecular complexity index is 518. The van der Waals surface area contributed by atoms with E-state index in [1.807, 2.05) is 13.0 Å². The maximum atomic E-state index is 12.3. The summed E-state index contributed by atoms with van der Waals surface area (Å²) in [5, 5.41) is 0. The van der Waals surface area contributed by atoms with E-state index in [4.69, 9.17) is 4.74 Å². The minimum Gasteiger partial charge on any atom is -0.426 e. The first-order chi connectivity index (χ1) is 9.40. The zero-order valence-electron chi connectivity index (χ0n) is 13.4. The van der Waals surface area contributed by atoms with Crippen molar-refractivity contribution < 1.29 is 12.4 Å². The van der Waals surface area contributed by atoms with Crippen LogP contribution in [0.5, 0.6) is 5.75 Å². The first-order valence-corrected chi connectivity index (χ1v) is 7.69. The molecule has 1 aromatic rings. The molecular weight excluding hydrogens is 248 g/mol. The molecule has 0 spiro atoms. The second kappa shape index (κ2) is 5.99. The monoisotopic (exact) mass is 279 g/mol. The Hall–Kier alpha value is -1.31. The number of rotatable bonds is 2. The van der Waals surface area contributed by atoms with Crippen molar-refractivity contribution in [2.45, 2.75) is 60.3 Å². The minimum absolute atomic E-state index is 0. The van der Waals surface area contributed by atoms with Gasteiger partial charge in [0.1, 0.15) is 5.75 Å². The fraction of sp³-hybridized carbons (Fsp3) is 0.611. The van der Waals surface area contributed by atoms with Gasteiger partial charge >= 0.3 is 5.97 Å². The van der Waals surface area contributed by atoms with E-state index in [2.05, 4.69) is 27.7 Å². The third-order valence-corrected chi connectivity index (χ3v) is 4.99. The second-order valence-corrected chi connectivity index (χ2v) is 6.44. The molecule has 0 unspecified atom stereocenters. The van der Waals surface area contributed by atoms with Gasteiger partial charge in [-0.15, -0.1) is 0 Å². The molecule has 1 aliphatic carbocycles. The summed E-state index contributed by atoms with van der Waals surface area (Å²) in [7, 11) is 0. The number of hydrogen-bond donors (Lipinski definition) is 0. The van der Waals surface area contributed by atoms with E-state index in [0.29, 0.717) is 0 Å². The summed E-state index contributed by atoms with van der Waals surface area (Å²) in [6, 6.07) is 2.00.